The monoisotopic (exact) mass is 689 g/mol. The number of fused-ring (bicyclic) bond motifs is 9. The number of rotatable bonds is 4. The molecule has 0 saturated carbocycles. The molecular formula is C51H35N3. The maximum atomic E-state index is 5.28. The smallest absolute Gasteiger partial charge is 0.160 e. The Labute approximate surface area is 313 Å². The summed E-state index contributed by atoms with van der Waals surface area (Å²) in [5, 5.41) is 6.17. The minimum atomic E-state index is -0.155. The van der Waals surface area contributed by atoms with Gasteiger partial charge in [0.05, 0.1) is 22.2 Å². The third-order valence-electron chi connectivity index (χ3n) is 11.6. The number of hydrogen-bond donors (Lipinski definition) is 0. The molecule has 2 aromatic heterocycles. The van der Waals surface area contributed by atoms with Crippen LogP contribution in [0.4, 0.5) is 0 Å². The molecule has 0 unspecified atom stereocenters. The van der Waals surface area contributed by atoms with Crippen molar-refractivity contribution in [3.8, 4) is 50.6 Å². The topological polar surface area (TPSA) is 30.7 Å². The molecule has 0 amide bonds. The summed E-state index contributed by atoms with van der Waals surface area (Å²) in [5.41, 5.74) is 15.1. The predicted octanol–water partition coefficient (Wildman–Crippen LogP) is 13.2. The Morgan fingerprint density at radius 2 is 1.13 bits per heavy atom. The Hall–Kier alpha value is -6.84. The molecule has 1 aliphatic carbocycles. The third kappa shape index (κ3) is 4.55. The molecule has 0 atom stereocenters. The normalized spacial score (nSPS) is 13.1. The molecule has 54 heavy (non-hydrogen) atoms. The van der Waals surface area contributed by atoms with Crippen molar-refractivity contribution in [1.29, 1.82) is 0 Å². The van der Waals surface area contributed by atoms with E-state index in [1.165, 1.54) is 66.0 Å². The van der Waals surface area contributed by atoms with Gasteiger partial charge in [0, 0.05) is 38.4 Å². The Balaban J connectivity index is 1.08. The van der Waals surface area contributed by atoms with Crippen LogP contribution in [0.25, 0.3) is 94.1 Å². The van der Waals surface area contributed by atoms with Gasteiger partial charge in [-0.15, -0.1) is 0 Å². The Bertz CT molecular complexity index is 3110. The van der Waals surface area contributed by atoms with Crippen LogP contribution in [0.1, 0.15) is 25.0 Å². The zero-order valence-corrected chi connectivity index (χ0v) is 30.1. The number of aromatic nitrogens is 3. The van der Waals surface area contributed by atoms with E-state index in [1.54, 1.807) is 0 Å². The Kier molecular flexibility index (Phi) is 6.60. The second kappa shape index (κ2) is 11.6. The van der Waals surface area contributed by atoms with E-state index < -0.39 is 0 Å². The van der Waals surface area contributed by atoms with Gasteiger partial charge in [0.2, 0.25) is 0 Å². The Morgan fingerprint density at radius 1 is 0.444 bits per heavy atom. The Morgan fingerprint density at radius 3 is 1.98 bits per heavy atom. The lowest BCUT2D eigenvalue weighted by Gasteiger charge is -2.23. The van der Waals surface area contributed by atoms with Gasteiger partial charge >= 0.3 is 0 Å². The maximum absolute atomic E-state index is 5.28. The minimum absolute atomic E-state index is 0.155. The van der Waals surface area contributed by atoms with E-state index >= 15 is 0 Å². The van der Waals surface area contributed by atoms with Crippen molar-refractivity contribution in [2.75, 3.05) is 0 Å². The van der Waals surface area contributed by atoms with Crippen LogP contribution < -0.4 is 0 Å². The van der Waals surface area contributed by atoms with Crippen LogP contribution in [0.15, 0.2) is 176 Å². The van der Waals surface area contributed by atoms with Crippen LogP contribution in [0.2, 0.25) is 0 Å². The molecule has 1 aliphatic rings. The molecule has 0 spiro atoms. The highest BCUT2D eigenvalue weighted by molar-refractivity contribution is 6.12. The molecule has 0 fully saturated rings. The molecule has 0 N–H and O–H groups in total. The number of hydrogen-bond acceptors (Lipinski definition) is 2. The van der Waals surface area contributed by atoms with Gasteiger partial charge in [0.25, 0.3) is 0 Å². The zero-order chi connectivity index (χ0) is 36.0. The minimum Gasteiger partial charge on any atom is -0.309 e. The molecule has 0 saturated heterocycles. The molecule has 3 nitrogen and oxygen atoms in total. The maximum Gasteiger partial charge on any atom is 0.160 e. The van der Waals surface area contributed by atoms with E-state index in [1.807, 2.05) is 0 Å². The number of benzene rings is 8. The van der Waals surface area contributed by atoms with Gasteiger partial charge < -0.3 is 4.57 Å². The summed E-state index contributed by atoms with van der Waals surface area (Å²) in [6, 6.07) is 63.4. The van der Waals surface area contributed by atoms with Crippen molar-refractivity contribution in [2.24, 2.45) is 0 Å². The zero-order valence-electron chi connectivity index (χ0n) is 30.1. The highest BCUT2D eigenvalue weighted by atomic mass is 15.0. The first-order valence-electron chi connectivity index (χ1n) is 18.7. The average Bonchev–Trinajstić information content (AvgIpc) is 3.67. The van der Waals surface area contributed by atoms with Crippen LogP contribution >= 0.6 is 0 Å². The van der Waals surface area contributed by atoms with E-state index in [0.29, 0.717) is 5.82 Å². The molecule has 2 heterocycles. The predicted molar refractivity (Wildman–Crippen MR) is 225 cm³/mol. The van der Waals surface area contributed by atoms with E-state index in [9.17, 15) is 0 Å². The number of para-hydroxylation sites is 2. The summed E-state index contributed by atoms with van der Waals surface area (Å²) in [7, 11) is 0. The molecule has 0 aliphatic heterocycles. The second-order valence-electron chi connectivity index (χ2n) is 15.0. The van der Waals surface area contributed by atoms with Gasteiger partial charge in [0.15, 0.2) is 5.82 Å². The van der Waals surface area contributed by atoms with Crippen molar-refractivity contribution in [3.05, 3.63) is 187 Å². The summed E-state index contributed by atoms with van der Waals surface area (Å²) in [4.78, 5) is 10.4. The molecule has 8 aromatic carbocycles. The van der Waals surface area contributed by atoms with E-state index in [4.69, 9.17) is 9.97 Å². The van der Waals surface area contributed by atoms with Crippen molar-refractivity contribution in [1.82, 2.24) is 14.5 Å². The fourth-order valence-corrected chi connectivity index (χ4v) is 9.00. The summed E-state index contributed by atoms with van der Waals surface area (Å²) in [6.45, 7) is 4.76. The van der Waals surface area contributed by atoms with E-state index in [2.05, 4.69) is 194 Å². The highest BCUT2D eigenvalue weighted by Crippen LogP contribution is 2.53. The van der Waals surface area contributed by atoms with Crippen molar-refractivity contribution >= 4 is 43.5 Å². The van der Waals surface area contributed by atoms with Crippen LogP contribution in [-0.4, -0.2) is 14.5 Å². The lowest BCUT2D eigenvalue weighted by Crippen LogP contribution is -2.15. The first-order valence-corrected chi connectivity index (χ1v) is 18.7. The third-order valence-corrected chi connectivity index (χ3v) is 11.6. The molecule has 10 aromatic rings. The first-order chi connectivity index (χ1) is 26.5. The summed E-state index contributed by atoms with van der Waals surface area (Å²) in [6.07, 6.45) is 0. The summed E-state index contributed by atoms with van der Waals surface area (Å²) >= 11 is 0. The summed E-state index contributed by atoms with van der Waals surface area (Å²) in [5.74, 6) is 0.711. The first kappa shape index (κ1) is 30.8. The van der Waals surface area contributed by atoms with Gasteiger partial charge in [-0.1, -0.05) is 153 Å². The molecule has 0 radical (unpaired) electrons. The van der Waals surface area contributed by atoms with Crippen LogP contribution in [0, 0.1) is 0 Å². The lowest BCUT2D eigenvalue weighted by molar-refractivity contribution is 0.667. The van der Waals surface area contributed by atoms with Crippen molar-refractivity contribution < 1.29 is 0 Å². The largest absolute Gasteiger partial charge is 0.309 e. The highest BCUT2D eigenvalue weighted by Gasteiger charge is 2.37. The van der Waals surface area contributed by atoms with Gasteiger partial charge in [-0.3, -0.25) is 0 Å². The molecule has 0 bridgehead atoms. The standard InChI is InChI=1S/C51H35N3/c1-51(2)44-31-47-43(30-42(44)40-28-27-34-15-6-7-18-38(34)48(40)51)39-19-9-11-22-46(39)54(47)37-17-12-16-36(29-37)50-52-45-21-10-8-20-41(45)49(53-50)35-25-23-33(24-26-35)32-13-4-3-5-14-32/h3-31H,1-2H3. The summed E-state index contributed by atoms with van der Waals surface area (Å²) < 4.78 is 2.43. The van der Waals surface area contributed by atoms with Crippen LogP contribution in [0.5, 0.6) is 0 Å². The fourth-order valence-electron chi connectivity index (χ4n) is 9.00. The van der Waals surface area contributed by atoms with E-state index in [0.717, 1.165) is 33.4 Å². The average molecular weight is 690 g/mol. The van der Waals surface area contributed by atoms with Crippen molar-refractivity contribution in [3.63, 3.8) is 0 Å². The van der Waals surface area contributed by atoms with E-state index in [-0.39, 0.29) is 5.41 Å². The number of nitrogens with zero attached hydrogens (tertiary/aromatic N) is 3. The van der Waals surface area contributed by atoms with Gasteiger partial charge in [-0.05, 0) is 80.6 Å². The molecule has 3 heteroatoms. The quantitative estimate of drug-likeness (QED) is 0.184. The fraction of sp³-hybridized carbons (Fsp3) is 0.0588. The van der Waals surface area contributed by atoms with Gasteiger partial charge in [0.1, 0.15) is 0 Å². The van der Waals surface area contributed by atoms with Gasteiger partial charge in [-0.25, -0.2) is 9.97 Å². The van der Waals surface area contributed by atoms with Crippen LogP contribution in [-0.2, 0) is 5.41 Å². The molecular weight excluding hydrogens is 655 g/mol. The second-order valence-corrected chi connectivity index (χ2v) is 15.0. The lowest BCUT2D eigenvalue weighted by atomic mass is 9.80. The van der Waals surface area contributed by atoms with Crippen molar-refractivity contribution in [2.45, 2.75) is 19.3 Å². The molecule has 11 rings (SSSR count). The SMILES string of the molecule is CC1(C)c2cc3c(cc2-c2ccc4ccccc4c21)c1ccccc1n3-c1cccc(-c2nc(-c3ccc(-c4ccccc4)cc3)c3ccccc3n2)c1. The van der Waals surface area contributed by atoms with Gasteiger partial charge in [-0.2, -0.15) is 0 Å². The molecule has 254 valence electrons. The van der Waals surface area contributed by atoms with Crippen LogP contribution in [0.3, 0.4) is 0 Å².